The van der Waals surface area contributed by atoms with Gasteiger partial charge in [-0.25, -0.2) is 9.37 Å². The largest absolute Gasteiger partial charge is 0.507 e. The Balaban J connectivity index is 1.65. The number of rotatable bonds is 10. The minimum atomic E-state index is -1.04. The van der Waals surface area contributed by atoms with Gasteiger partial charge >= 0.3 is 5.91 Å². The quantitative estimate of drug-likeness (QED) is 0.0977. The minimum absolute atomic E-state index is 0.107. The molecule has 4 aromatic rings. The number of ketones is 1. The third kappa shape index (κ3) is 5.47. The molecular weight excluding hydrogens is 547 g/mol. The second-order valence-corrected chi connectivity index (χ2v) is 10.5. The van der Waals surface area contributed by atoms with Gasteiger partial charge in [0.15, 0.2) is 16.6 Å². The molecule has 8 nitrogen and oxygen atoms in total. The number of thiazole rings is 1. The van der Waals surface area contributed by atoms with E-state index < -0.39 is 23.5 Å². The lowest BCUT2D eigenvalue weighted by atomic mass is 9.95. The Kier molecular flexibility index (Phi) is 8.21. The van der Waals surface area contributed by atoms with Crippen LogP contribution in [0.5, 0.6) is 17.2 Å². The van der Waals surface area contributed by atoms with Crippen molar-refractivity contribution in [2.24, 2.45) is 0 Å². The van der Waals surface area contributed by atoms with Crippen LogP contribution in [0.1, 0.15) is 43.4 Å². The van der Waals surface area contributed by atoms with E-state index in [9.17, 15) is 19.1 Å². The summed E-state index contributed by atoms with van der Waals surface area (Å²) in [6.45, 7) is 2.63. The molecule has 0 radical (unpaired) electrons. The summed E-state index contributed by atoms with van der Waals surface area (Å²) in [5.41, 5.74) is 1.21. The molecule has 1 aliphatic rings. The first-order chi connectivity index (χ1) is 19.9. The van der Waals surface area contributed by atoms with Crippen molar-refractivity contribution in [3.63, 3.8) is 0 Å². The number of anilines is 1. The van der Waals surface area contributed by atoms with Crippen LogP contribution in [0.25, 0.3) is 16.0 Å². The normalized spacial score (nSPS) is 16.4. The number of aromatic nitrogens is 1. The van der Waals surface area contributed by atoms with E-state index in [2.05, 4.69) is 11.9 Å². The molecule has 1 saturated heterocycles. The van der Waals surface area contributed by atoms with Crippen LogP contribution in [0, 0.1) is 5.82 Å². The van der Waals surface area contributed by atoms with Crippen LogP contribution < -0.4 is 19.1 Å². The van der Waals surface area contributed by atoms with E-state index in [0.717, 1.165) is 30.6 Å². The third-order valence-electron chi connectivity index (χ3n) is 6.86. The molecule has 1 atom stereocenters. The number of benzene rings is 3. The van der Waals surface area contributed by atoms with Crippen molar-refractivity contribution in [3.05, 3.63) is 83.2 Å². The van der Waals surface area contributed by atoms with Crippen LogP contribution in [0.4, 0.5) is 9.52 Å². The van der Waals surface area contributed by atoms with E-state index in [4.69, 9.17) is 14.2 Å². The standard InChI is InChI=1S/C31H29FN2O6S/c1-4-5-6-15-40-23-14-9-19(16-24(23)39-3)27-26(28(35)18-7-11-21(38-2)12-8-18)29(36)30(37)34(27)31-33-22-13-10-20(32)17-25(22)41-31/h7-14,16-17,27,35H,4-6,15H2,1-3H3. The number of hydrogen-bond acceptors (Lipinski definition) is 8. The highest BCUT2D eigenvalue weighted by atomic mass is 32.1. The molecule has 1 amide bonds. The number of aliphatic hydroxyl groups is 1. The zero-order valence-corrected chi connectivity index (χ0v) is 23.7. The summed E-state index contributed by atoms with van der Waals surface area (Å²) in [7, 11) is 3.03. The molecule has 0 saturated carbocycles. The van der Waals surface area contributed by atoms with E-state index in [0.29, 0.717) is 45.2 Å². The summed E-state index contributed by atoms with van der Waals surface area (Å²) in [6, 6.07) is 14.7. The number of carbonyl (C=O) groups is 2. The third-order valence-corrected chi connectivity index (χ3v) is 7.88. The lowest BCUT2D eigenvalue weighted by molar-refractivity contribution is -0.132. The Labute approximate surface area is 240 Å². The molecule has 1 aliphatic heterocycles. The lowest BCUT2D eigenvalue weighted by Crippen LogP contribution is -2.29. The Morgan fingerprint density at radius 1 is 1.00 bits per heavy atom. The summed E-state index contributed by atoms with van der Waals surface area (Å²) in [6.07, 6.45) is 2.98. The van der Waals surface area contributed by atoms with Crippen molar-refractivity contribution in [1.29, 1.82) is 0 Å². The van der Waals surface area contributed by atoms with Gasteiger partial charge in [0.1, 0.15) is 17.3 Å². The molecule has 41 heavy (non-hydrogen) atoms. The van der Waals surface area contributed by atoms with E-state index in [1.807, 2.05) is 0 Å². The number of hydrogen-bond donors (Lipinski definition) is 1. The van der Waals surface area contributed by atoms with Gasteiger partial charge in [-0.15, -0.1) is 0 Å². The molecule has 1 unspecified atom stereocenters. The molecule has 212 valence electrons. The average molecular weight is 577 g/mol. The van der Waals surface area contributed by atoms with Crippen LogP contribution in [-0.4, -0.2) is 42.6 Å². The smallest absolute Gasteiger partial charge is 0.301 e. The highest BCUT2D eigenvalue weighted by molar-refractivity contribution is 7.22. The minimum Gasteiger partial charge on any atom is -0.507 e. The van der Waals surface area contributed by atoms with Gasteiger partial charge in [-0.3, -0.25) is 14.5 Å². The number of fused-ring (bicyclic) bond motifs is 1. The summed E-state index contributed by atoms with van der Waals surface area (Å²) >= 11 is 1.08. The fraction of sp³-hybridized carbons (Fsp3) is 0.258. The van der Waals surface area contributed by atoms with Gasteiger partial charge in [0, 0.05) is 5.56 Å². The van der Waals surface area contributed by atoms with E-state index in [1.165, 1.54) is 37.3 Å². The zero-order chi connectivity index (χ0) is 29.1. The van der Waals surface area contributed by atoms with Gasteiger partial charge in [0.2, 0.25) is 0 Å². The van der Waals surface area contributed by atoms with Crippen LogP contribution in [0.2, 0.25) is 0 Å². The molecule has 0 aliphatic carbocycles. The maximum atomic E-state index is 13.9. The van der Waals surface area contributed by atoms with Gasteiger partial charge in [-0.1, -0.05) is 37.2 Å². The highest BCUT2D eigenvalue weighted by Crippen LogP contribution is 2.46. The van der Waals surface area contributed by atoms with E-state index in [1.54, 1.807) is 42.5 Å². The first-order valence-electron chi connectivity index (χ1n) is 13.2. The van der Waals surface area contributed by atoms with Crippen LogP contribution in [-0.2, 0) is 9.59 Å². The van der Waals surface area contributed by atoms with Crippen molar-refractivity contribution in [2.45, 2.75) is 32.2 Å². The predicted molar refractivity (Wildman–Crippen MR) is 155 cm³/mol. The molecule has 1 N–H and O–H groups in total. The van der Waals surface area contributed by atoms with Crippen LogP contribution in [0.3, 0.4) is 0 Å². The number of aliphatic hydroxyl groups excluding tert-OH is 1. The number of halogens is 1. The first-order valence-corrected chi connectivity index (χ1v) is 14.0. The number of amides is 1. The maximum Gasteiger partial charge on any atom is 0.301 e. The van der Waals surface area contributed by atoms with Gasteiger partial charge in [-0.05, 0) is 66.6 Å². The lowest BCUT2D eigenvalue weighted by Gasteiger charge is -2.24. The second-order valence-electron chi connectivity index (χ2n) is 9.47. The van der Waals surface area contributed by atoms with Gasteiger partial charge in [0.25, 0.3) is 5.78 Å². The Hall–Kier alpha value is -4.44. The Morgan fingerprint density at radius 3 is 2.49 bits per heavy atom. The summed E-state index contributed by atoms with van der Waals surface area (Å²) in [4.78, 5) is 32.9. The van der Waals surface area contributed by atoms with Crippen LogP contribution in [0.15, 0.2) is 66.2 Å². The first kappa shape index (κ1) is 28.1. The number of ether oxygens (including phenoxy) is 3. The van der Waals surface area contributed by atoms with Gasteiger partial charge < -0.3 is 19.3 Å². The monoisotopic (exact) mass is 576 g/mol. The SMILES string of the molecule is CCCCCOc1ccc(C2C(=C(O)c3ccc(OC)cc3)C(=O)C(=O)N2c2nc3ccc(F)cc3s2)cc1OC. The molecule has 1 aromatic heterocycles. The summed E-state index contributed by atoms with van der Waals surface area (Å²) < 4.78 is 31.2. The molecule has 10 heteroatoms. The fourth-order valence-corrected chi connectivity index (χ4v) is 5.76. The van der Waals surface area contributed by atoms with E-state index in [-0.39, 0.29) is 16.5 Å². The fourth-order valence-electron chi connectivity index (χ4n) is 4.75. The Morgan fingerprint density at radius 2 is 1.78 bits per heavy atom. The molecule has 5 rings (SSSR count). The molecule has 2 heterocycles. The average Bonchev–Trinajstić information content (AvgIpc) is 3.52. The molecule has 3 aromatic carbocycles. The molecule has 0 spiro atoms. The van der Waals surface area contributed by atoms with Crippen molar-refractivity contribution in [2.75, 3.05) is 25.7 Å². The maximum absolute atomic E-state index is 13.9. The number of unbranched alkanes of at least 4 members (excludes halogenated alkanes) is 2. The molecular formula is C31H29FN2O6S. The van der Waals surface area contributed by atoms with Gasteiger partial charge in [0.05, 0.1) is 42.7 Å². The Bertz CT molecular complexity index is 1630. The van der Waals surface area contributed by atoms with Crippen molar-refractivity contribution in [1.82, 2.24) is 4.98 Å². The number of nitrogens with zero attached hydrogens (tertiary/aromatic N) is 2. The van der Waals surface area contributed by atoms with Gasteiger partial charge in [-0.2, -0.15) is 0 Å². The zero-order valence-electron chi connectivity index (χ0n) is 22.8. The molecule has 1 fully saturated rings. The number of Topliss-reactive ketones (excluding diaryl/α,β-unsaturated/α-hetero) is 1. The van der Waals surface area contributed by atoms with Crippen molar-refractivity contribution in [3.8, 4) is 17.2 Å². The number of methoxy groups -OCH3 is 2. The summed E-state index contributed by atoms with van der Waals surface area (Å²) in [5.74, 6) is -1.000. The second kappa shape index (κ2) is 12.0. The topological polar surface area (TPSA) is 98.2 Å². The van der Waals surface area contributed by atoms with Crippen molar-refractivity contribution >= 4 is 44.1 Å². The highest BCUT2D eigenvalue weighted by Gasteiger charge is 2.48. The van der Waals surface area contributed by atoms with Crippen LogP contribution >= 0.6 is 11.3 Å². The molecule has 0 bridgehead atoms. The summed E-state index contributed by atoms with van der Waals surface area (Å²) in [5, 5.41) is 11.6. The number of carbonyl (C=O) groups excluding carboxylic acids is 2. The van der Waals surface area contributed by atoms with Crippen molar-refractivity contribution < 1.29 is 33.3 Å². The predicted octanol–water partition coefficient (Wildman–Crippen LogP) is 6.65. The van der Waals surface area contributed by atoms with E-state index >= 15 is 0 Å².